The minimum Gasteiger partial charge on any atom is -0.468 e. The Morgan fingerprint density at radius 2 is 1.67 bits per heavy atom. The third kappa shape index (κ3) is 11.3. The number of ether oxygens (including phenoxy) is 2. The highest BCUT2D eigenvalue weighted by atomic mass is 16.6. The first kappa shape index (κ1) is 33.9. The number of nitrogens with zero attached hydrogens (tertiary/aromatic N) is 1. The van der Waals surface area contributed by atoms with Crippen molar-refractivity contribution in [2.24, 2.45) is 11.8 Å². The lowest BCUT2D eigenvalue weighted by atomic mass is 9.93. The van der Waals surface area contributed by atoms with Crippen LogP contribution < -0.4 is 10.6 Å². The van der Waals surface area contributed by atoms with E-state index in [1.54, 1.807) is 31.7 Å². The smallest absolute Gasteiger partial charge is 0.408 e. The van der Waals surface area contributed by atoms with E-state index in [2.05, 4.69) is 24.5 Å². The van der Waals surface area contributed by atoms with Crippen LogP contribution >= 0.6 is 0 Å². The summed E-state index contributed by atoms with van der Waals surface area (Å²) < 4.78 is 10.2. The van der Waals surface area contributed by atoms with Crippen LogP contribution in [-0.4, -0.2) is 60.1 Å². The summed E-state index contributed by atoms with van der Waals surface area (Å²) in [6.45, 7) is 16.8. The Bertz CT molecular complexity index is 972. The number of hydrogen-bond donors (Lipinski definition) is 2. The summed E-state index contributed by atoms with van der Waals surface area (Å²) in [6.07, 6.45) is 1.40. The number of carbonyl (C=O) groups excluding carboxylic acids is 4. The monoisotopic (exact) mass is 547 g/mol. The molecule has 4 unspecified atom stereocenters. The lowest BCUT2D eigenvalue weighted by Gasteiger charge is -2.40. The van der Waals surface area contributed by atoms with Gasteiger partial charge in [0.05, 0.1) is 7.11 Å². The summed E-state index contributed by atoms with van der Waals surface area (Å²) in [5.41, 5.74) is 0.794. The Morgan fingerprint density at radius 1 is 1.03 bits per heavy atom. The van der Waals surface area contributed by atoms with E-state index < -0.39 is 35.7 Å². The zero-order valence-corrected chi connectivity index (χ0v) is 25.4. The number of aryl methyl sites for hydroxylation is 1. The third-order valence-electron chi connectivity index (χ3n) is 6.56. The first-order valence-corrected chi connectivity index (χ1v) is 13.8. The van der Waals surface area contributed by atoms with Crippen molar-refractivity contribution in [2.45, 2.75) is 105 Å². The molecule has 4 atom stereocenters. The molecule has 0 aliphatic heterocycles. The van der Waals surface area contributed by atoms with Gasteiger partial charge in [0.25, 0.3) is 0 Å². The van der Waals surface area contributed by atoms with Crippen LogP contribution in [0.15, 0.2) is 24.3 Å². The summed E-state index contributed by atoms with van der Waals surface area (Å²) in [6, 6.07) is 5.09. The first-order chi connectivity index (χ1) is 18.1. The van der Waals surface area contributed by atoms with E-state index >= 15 is 0 Å². The molecule has 39 heavy (non-hydrogen) atoms. The second kappa shape index (κ2) is 15.5. The van der Waals surface area contributed by atoms with E-state index in [4.69, 9.17) is 9.47 Å². The van der Waals surface area contributed by atoms with E-state index in [0.29, 0.717) is 24.3 Å². The highest BCUT2D eigenvalue weighted by molar-refractivity contribution is 5.93. The van der Waals surface area contributed by atoms with E-state index in [9.17, 15) is 19.2 Å². The highest BCUT2D eigenvalue weighted by Crippen LogP contribution is 2.29. The molecule has 0 aromatic heterocycles. The molecular weight excluding hydrogens is 498 g/mol. The summed E-state index contributed by atoms with van der Waals surface area (Å²) in [4.78, 5) is 54.3. The number of alkyl carbamates (subject to hydrolysis) is 1. The van der Waals surface area contributed by atoms with Crippen LogP contribution in [-0.2, 0) is 23.9 Å². The van der Waals surface area contributed by atoms with Gasteiger partial charge in [-0.05, 0) is 64.9 Å². The molecule has 0 bridgehead atoms. The van der Waals surface area contributed by atoms with E-state index in [-0.39, 0.29) is 24.4 Å². The number of amides is 3. The largest absolute Gasteiger partial charge is 0.468 e. The van der Waals surface area contributed by atoms with Crippen molar-refractivity contribution in [3.05, 3.63) is 35.4 Å². The van der Waals surface area contributed by atoms with Crippen molar-refractivity contribution < 1.29 is 28.7 Å². The molecule has 0 fully saturated rings. The summed E-state index contributed by atoms with van der Waals surface area (Å²) in [7, 11) is 1.25. The van der Waals surface area contributed by atoms with Crippen LogP contribution in [0.25, 0.3) is 0 Å². The van der Waals surface area contributed by atoms with Gasteiger partial charge in [-0.25, -0.2) is 4.79 Å². The lowest BCUT2D eigenvalue weighted by Crippen LogP contribution is -2.57. The molecule has 0 aliphatic rings. The normalized spacial score (nSPS) is 14.5. The van der Waals surface area contributed by atoms with Gasteiger partial charge in [-0.15, -0.1) is 0 Å². The maximum Gasteiger partial charge on any atom is 0.408 e. The predicted octanol–water partition coefficient (Wildman–Crippen LogP) is 4.92. The van der Waals surface area contributed by atoms with Crippen LogP contribution in [0, 0.1) is 18.8 Å². The SMILES string of the molecule is CCC(C)C(NC(=O)OC(C)(C)C)C(=O)N(C(C)CCC(C)C)C(C(=O)NCC(=O)OC)c1cccc(C)c1. The maximum atomic E-state index is 14.4. The number of benzene rings is 1. The maximum absolute atomic E-state index is 14.4. The van der Waals surface area contributed by atoms with Crippen molar-refractivity contribution in [3.63, 3.8) is 0 Å². The molecule has 3 amide bonds. The van der Waals surface area contributed by atoms with Gasteiger partial charge < -0.3 is 25.0 Å². The average molecular weight is 548 g/mol. The fourth-order valence-electron chi connectivity index (χ4n) is 4.20. The third-order valence-corrected chi connectivity index (χ3v) is 6.56. The van der Waals surface area contributed by atoms with Crippen molar-refractivity contribution >= 4 is 23.9 Å². The van der Waals surface area contributed by atoms with Gasteiger partial charge in [0.2, 0.25) is 11.8 Å². The minimum absolute atomic E-state index is 0.235. The van der Waals surface area contributed by atoms with Crippen molar-refractivity contribution in [1.82, 2.24) is 15.5 Å². The molecule has 9 nitrogen and oxygen atoms in total. The van der Waals surface area contributed by atoms with Gasteiger partial charge >= 0.3 is 12.1 Å². The van der Waals surface area contributed by atoms with Gasteiger partial charge in [-0.1, -0.05) is 63.9 Å². The fraction of sp³-hybridized carbons (Fsp3) is 0.667. The van der Waals surface area contributed by atoms with Crippen LogP contribution in [0.5, 0.6) is 0 Å². The number of esters is 1. The second-order valence-corrected chi connectivity index (χ2v) is 11.7. The molecule has 1 aromatic carbocycles. The summed E-state index contributed by atoms with van der Waals surface area (Å²) in [5, 5.41) is 5.42. The van der Waals surface area contributed by atoms with Crippen LogP contribution in [0.4, 0.5) is 4.79 Å². The molecule has 0 aliphatic carbocycles. The topological polar surface area (TPSA) is 114 Å². The number of rotatable bonds is 13. The van der Waals surface area contributed by atoms with Crippen LogP contribution in [0.1, 0.15) is 91.8 Å². The Labute approximate surface area is 234 Å². The van der Waals surface area contributed by atoms with E-state index in [1.807, 2.05) is 45.9 Å². The molecule has 1 aromatic rings. The number of nitrogens with one attached hydrogen (secondary N) is 2. The zero-order valence-electron chi connectivity index (χ0n) is 25.4. The molecule has 0 heterocycles. The van der Waals surface area contributed by atoms with Crippen molar-refractivity contribution in [1.29, 1.82) is 0 Å². The van der Waals surface area contributed by atoms with Gasteiger partial charge in [0, 0.05) is 6.04 Å². The standard InChI is InChI=1S/C30H49N3O6/c1-11-21(5)25(32-29(37)39-30(7,8)9)28(36)33(22(6)16-15-19(2)3)26(23-14-12-13-20(4)17-23)27(35)31-18-24(34)38-10/h12-14,17,19,21-22,25-26H,11,15-16,18H2,1-10H3,(H,31,35)(H,32,37). The highest BCUT2D eigenvalue weighted by Gasteiger charge is 2.40. The molecule has 0 saturated heterocycles. The molecule has 0 radical (unpaired) electrons. The summed E-state index contributed by atoms with van der Waals surface area (Å²) in [5.74, 6) is -1.33. The fourth-order valence-corrected chi connectivity index (χ4v) is 4.20. The van der Waals surface area contributed by atoms with Crippen LogP contribution in [0.2, 0.25) is 0 Å². The van der Waals surface area contributed by atoms with Gasteiger partial charge in [0.1, 0.15) is 24.2 Å². The quantitative estimate of drug-likeness (QED) is 0.339. The second-order valence-electron chi connectivity index (χ2n) is 11.7. The Morgan fingerprint density at radius 3 is 2.18 bits per heavy atom. The predicted molar refractivity (Wildman–Crippen MR) is 152 cm³/mol. The van der Waals surface area contributed by atoms with Crippen molar-refractivity contribution in [2.75, 3.05) is 13.7 Å². The van der Waals surface area contributed by atoms with Crippen LogP contribution in [0.3, 0.4) is 0 Å². The first-order valence-electron chi connectivity index (χ1n) is 13.8. The molecule has 0 spiro atoms. The zero-order chi connectivity index (χ0) is 29.9. The van der Waals surface area contributed by atoms with Crippen molar-refractivity contribution in [3.8, 4) is 0 Å². The lowest BCUT2D eigenvalue weighted by molar-refractivity contribution is -0.147. The Kier molecular flexibility index (Phi) is 13.5. The minimum atomic E-state index is -1.03. The van der Waals surface area contributed by atoms with Gasteiger partial charge in [-0.2, -0.15) is 0 Å². The van der Waals surface area contributed by atoms with E-state index in [0.717, 1.165) is 12.0 Å². The Balaban J connectivity index is 3.65. The Hall–Kier alpha value is -3.10. The van der Waals surface area contributed by atoms with Gasteiger partial charge in [-0.3, -0.25) is 14.4 Å². The number of methoxy groups -OCH3 is 1. The van der Waals surface area contributed by atoms with Gasteiger partial charge in [0.15, 0.2) is 0 Å². The molecule has 2 N–H and O–H groups in total. The number of hydrogen-bond acceptors (Lipinski definition) is 6. The van der Waals surface area contributed by atoms with E-state index in [1.165, 1.54) is 7.11 Å². The molecule has 0 saturated carbocycles. The molecule has 220 valence electrons. The number of carbonyl (C=O) groups is 4. The molecule has 9 heteroatoms. The molecule has 1 rings (SSSR count). The summed E-state index contributed by atoms with van der Waals surface area (Å²) >= 11 is 0. The average Bonchev–Trinajstić information content (AvgIpc) is 2.85. The molecular formula is C30H49N3O6.